The third-order valence-electron chi connectivity index (χ3n) is 4.17. The summed E-state index contributed by atoms with van der Waals surface area (Å²) in [5.74, 6) is 0.435. The molecule has 20 heavy (non-hydrogen) atoms. The van der Waals surface area contributed by atoms with Crippen molar-refractivity contribution < 1.29 is 9.50 Å². The molecule has 0 spiro atoms. The fourth-order valence-electron chi connectivity index (χ4n) is 2.83. The Morgan fingerprint density at radius 3 is 2.75 bits per heavy atom. The number of hydrogen-bond acceptors (Lipinski definition) is 3. The maximum atomic E-state index is 12.9. The van der Waals surface area contributed by atoms with E-state index >= 15 is 0 Å². The van der Waals surface area contributed by atoms with Crippen LogP contribution in [0, 0.1) is 11.7 Å². The van der Waals surface area contributed by atoms with Gasteiger partial charge in [0, 0.05) is 19.6 Å². The minimum Gasteiger partial charge on any atom is -0.387 e. The molecule has 0 aromatic heterocycles. The lowest BCUT2D eigenvalue weighted by molar-refractivity contribution is 0.123. The second kappa shape index (κ2) is 7.16. The zero-order valence-corrected chi connectivity index (χ0v) is 12.4. The van der Waals surface area contributed by atoms with Crippen LogP contribution >= 0.6 is 0 Å². The van der Waals surface area contributed by atoms with Crippen molar-refractivity contribution in [3.63, 3.8) is 0 Å². The molecule has 112 valence electrons. The molecule has 3 nitrogen and oxygen atoms in total. The number of halogens is 1. The molecular formula is C16H25FN2O. The summed E-state index contributed by atoms with van der Waals surface area (Å²) < 4.78 is 12.9. The predicted octanol–water partition coefficient (Wildman–Crippen LogP) is 2.13. The van der Waals surface area contributed by atoms with Gasteiger partial charge in [0.15, 0.2) is 0 Å². The van der Waals surface area contributed by atoms with Gasteiger partial charge in [-0.1, -0.05) is 19.1 Å². The molecule has 1 N–H and O–H groups in total. The van der Waals surface area contributed by atoms with Crippen LogP contribution < -0.4 is 0 Å². The Morgan fingerprint density at radius 1 is 1.40 bits per heavy atom. The molecule has 1 aliphatic heterocycles. The van der Waals surface area contributed by atoms with Crippen molar-refractivity contribution >= 4 is 0 Å². The van der Waals surface area contributed by atoms with Crippen LogP contribution in [0.5, 0.6) is 0 Å². The van der Waals surface area contributed by atoms with Gasteiger partial charge in [-0.25, -0.2) is 4.39 Å². The molecule has 0 aliphatic carbocycles. The zero-order chi connectivity index (χ0) is 14.5. The monoisotopic (exact) mass is 280 g/mol. The third kappa shape index (κ3) is 4.27. The highest BCUT2D eigenvalue weighted by atomic mass is 19.1. The molecular weight excluding hydrogens is 255 g/mol. The van der Waals surface area contributed by atoms with E-state index in [9.17, 15) is 9.50 Å². The first kappa shape index (κ1) is 15.4. The standard InChI is InChI=1S/C16H25FN2O/c1-3-18(2)10-13-8-9-19(11-13)12-16(20)14-4-6-15(17)7-5-14/h4-7,13,16,20H,3,8-12H2,1-2H3. The zero-order valence-electron chi connectivity index (χ0n) is 12.4. The Hall–Kier alpha value is -0.970. The molecule has 0 amide bonds. The van der Waals surface area contributed by atoms with Gasteiger partial charge in [-0.15, -0.1) is 0 Å². The summed E-state index contributed by atoms with van der Waals surface area (Å²) in [6, 6.07) is 6.14. The highest BCUT2D eigenvalue weighted by Gasteiger charge is 2.25. The minimum atomic E-state index is -0.529. The normalized spacial score (nSPS) is 21.6. The van der Waals surface area contributed by atoms with Crippen LogP contribution in [0.2, 0.25) is 0 Å². The quantitative estimate of drug-likeness (QED) is 0.865. The average Bonchev–Trinajstić information content (AvgIpc) is 2.86. The van der Waals surface area contributed by atoms with Gasteiger partial charge < -0.3 is 14.9 Å². The van der Waals surface area contributed by atoms with E-state index in [1.165, 1.54) is 18.6 Å². The van der Waals surface area contributed by atoms with Gasteiger partial charge in [-0.2, -0.15) is 0 Å². The molecule has 2 atom stereocenters. The van der Waals surface area contributed by atoms with E-state index in [1.807, 2.05) is 0 Å². The van der Waals surface area contributed by atoms with Crippen LogP contribution in [0.1, 0.15) is 25.0 Å². The number of hydrogen-bond donors (Lipinski definition) is 1. The van der Waals surface area contributed by atoms with E-state index in [4.69, 9.17) is 0 Å². The second-order valence-electron chi connectivity index (χ2n) is 5.84. The van der Waals surface area contributed by atoms with Crippen molar-refractivity contribution in [2.24, 2.45) is 5.92 Å². The van der Waals surface area contributed by atoms with E-state index in [2.05, 4.69) is 23.8 Å². The van der Waals surface area contributed by atoms with Crippen molar-refractivity contribution in [3.8, 4) is 0 Å². The Kier molecular flexibility index (Phi) is 5.52. The van der Waals surface area contributed by atoms with Crippen LogP contribution in [0.25, 0.3) is 0 Å². The lowest BCUT2D eigenvalue weighted by atomic mass is 10.1. The van der Waals surface area contributed by atoms with Crippen molar-refractivity contribution in [1.29, 1.82) is 0 Å². The number of aliphatic hydroxyl groups excluding tert-OH is 1. The number of β-amino-alcohol motifs (C(OH)–C–C–N with tert-alkyl or cyclic N) is 1. The number of likely N-dealkylation sites (tertiary alicyclic amines) is 1. The maximum Gasteiger partial charge on any atom is 0.123 e. The Bertz CT molecular complexity index is 409. The molecule has 2 unspecified atom stereocenters. The van der Waals surface area contributed by atoms with E-state index in [-0.39, 0.29) is 5.82 Å². The van der Waals surface area contributed by atoms with Gasteiger partial charge in [0.2, 0.25) is 0 Å². The van der Waals surface area contributed by atoms with Gasteiger partial charge in [0.05, 0.1) is 6.10 Å². The molecule has 2 rings (SSSR count). The van der Waals surface area contributed by atoms with Gasteiger partial charge in [0.25, 0.3) is 0 Å². The molecule has 1 heterocycles. The largest absolute Gasteiger partial charge is 0.387 e. The summed E-state index contributed by atoms with van der Waals surface area (Å²) in [6.45, 7) is 7.10. The highest BCUT2D eigenvalue weighted by molar-refractivity contribution is 5.18. The van der Waals surface area contributed by atoms with E-state index in [0.29, 0.717) is 12.5 Å². The Balaban J connectivity index is 1.81. The van der Waals surface area contributed by atoms with Gasteiger partial charge >= 0.3 is 0 Å². The summed E-state index contributed by atoms with van der Waals surface area (Å²) in [5.41, 5.74) is 0.792. The van der Waals surface area contributed by atoms with Crippen LogP contribution in [0.3, 0.4) is 0 Å². The molecule has 0 bridgehead atoms. The van der Waals surface area contributed by atoms with Gasteiger partial charge in [0.1, 0.15) is 5.82 Å². The summed E-state index contributed by atoms with van der Waals surface area (Å²) in [5, 5.41) is 10.2. The molecule has 1 fully saturated rings. The summed E-state index contributed by atoms with van der Waals surface area (Å²) in [6.07, 6.45) is 0.666. The molecule has 1 aliphatic rings. The second-order valence-corrected chi connectivity index (χ2v) is 5.84. The number of rotatable bonds is 6. The smallest absolute Gasteiger partial charge is 0.123 e. The first-order valence-corrected chi connectivity index (χ1v) is 7.43. The van der Waals surface area contributed by atoms with Crippen molar-refractivity contribution in [1.82, 2.24) is 9.80 Å². The average molecular weight is 280 g/mol. The molecule has 0 saturated carbocycles. The summed E-state index contributed by atoms with van der Waals surface area (Å²) in [4.78, 5) is 4.65. The fraction of sp³-hybridized carbons (Fsp3) is 0.625. The van der Waals surface area contributed by atoms with Crippen molar-refractivity contribution in [2.75, 3.05) is 39.8 Å². The topological polar surface area (TPSA) is 26.7 Å². The molecule has 1 saturated heterocycles. The predicted molar refractivity (Wildman–Crippen MR) is 79.1 cm³/mol. The van der Waals surface area contributed by atoms with E-state index < -0.39 is 6.10 Å². The molecule has 0 radical (unpaired) electrons. The minimum absolute atomic E-state index is 0.259. The van der Waals surface area contributed by atoms with Crippen LogP contribution in [0.4, 0.5) is 4.39 Å². The lowest BCUT2D eigenvalue weighted by Gasteiger charge is -2.22. The first-order chi connectivity index (χ1) is 9.58. The Labute approximate surface area is 121 Å². The molecule has 1 aromatic rings. The van der Waals surface area contributed by atoms with Crippen molar-refractivity contribution in [2.45, 2.75) is 19.4 Å². The van der Waals surface area contributed by atoms with E-state index in [1.54, 1.807) is 12.1 Å². The first-order valence-electron chi connectivity index (χ1n) is 7.43. The van der Waals surface area contributed by atoms with Crippen LogP contribution in [-0.2, 0) is 0 Å². The molecule has 4 heteroatoms. The molecule has 1 aromatic carbocycles. The Morgan fingerprint density at radius 2 is 2.10 bits per heavy atom. The summed E-state index contributed by atoms with van der Waals surface area (Å²) in [7, 11) is 2.15. The van der Waals surface area contributed by atoms with Crippen molar-refractivity contribution in [3.05, 3.63) is 35.6 Å². The van der Waals surface area contributed by atoms with Gasteiger partial charge in [-0.3, -0.25) is 0 Å². The maximum absolute atomic E-state index is 12.9. The number of nitrogens with zero attached hydrogens (tertiary/aromatic N) is 2. The SMILES string of the molecule is CCN(C)CC1CCN(CC(O)c2ccc(F)cc2)C1. The highest BCUT2D eigenvalue weighted by Crippen LogP contribution is 2.21. The number of benzene rings is 1. The fourth-order valence-corrected chi connectivity index (χ4v) is 2.83. The lowest BCUT2D eigenvalue weighted by Crippen LogP contribution is -2.30. The van der Waals surface area contributed by atoms with Crippen LogP contribution in [-0.4, -0.2) is 54.7 Å². The third-order valence-corrected chi connectivity index (χ3v) is 4.17. The van der Waals surface area contributed by atoms with E-state index in [0.717, 1.165) is 31.7 Å². The number of aliphatic hydroxyl groups is 1. The van der Waals surface area contributed by atoms with Crippen LogP contribution in [0.15, 0.2) is 24.3 Å². The summed E-state index contributed by atoms with van der Waals surface area (Å²) >= 11 is 0. The van der Waals surface area contributed by atoms with Gasteiger partial charge in [-0.05, 0) is 50.2 Å².